The van der Waals surface area contributed by atoms with Gasteiger partial charge in [0, 0.05) is 24.7 Å². The monoisotopic (exact) mass is 177 g/mol. The molecule has 0 saturated heterocycles. The van der Waals surface area contributed by atoms with E-state index in [-0.39, 0.29) is 0 Å². The molecule has 0 radical (unpaired) electrons. The molecule has 0 aromatic heterocycles. The Balaban J connectivity index is 2.30. The molecule has 1 aliphatic heterocycles. The summed E-state index contributed by atoms with van der Waals surface area (Å²) in [5.41, 5.74) is 2.38. The molecule has 1 aliphatic rings. The number of phenolic OH excluding ortho intramolecular Hbond substituents is 1. The van der Waals surface area contributed by atoms with Gasteiger partial charge >= 0.3 is 0 Å². The first kappa shape index (κ1) is 8.57. The Morgan fingerprint density at radius 2 is 2.08 bits per heavy atom. The molecule has 1 heterocycles. The molecule has 2 rings (SSSR count). The van der Waals surface area contributed by atoms with Crippen molar-refractivity contribution in [1.82, 2.24) is 4.90 Å². The second-order valence-corrected chi connectivity index (χ2v) is 3.91. The molecule has 0 bridgehead atoms. The van der Waals surface area contributed by atoms with Gasteiger partial charge in [-0.15, -0.1) is 0 Å². The number of hydrogen-bond acceptors (Lipinski definition) is 2. The molecule has 0 amide bonds. The van der Waals surface area contributed by atoms with Crippen LogP contribution in [0.2, 0.25) is 0 Å². The third-order valence-corrected chi connectivity index (χ3v) is 2.71. The van der Waals surface area contributed by atoms with Crippen molar-refractivity contribution in [3.63, 3.8) is 0 Å². The van der Waals surface area contributed by atoms with E-state index in [9.17, 15) is 5.11 Å². The minimum Gasteiger partial charge on any atom is -0.508 e. The van der Waals surface area contributed by atoms with Gasteiger partial charge in [0.15, 0.2) is 0 Å². The van der Waals surface area contributed by atoms with Gasteiger partial charge in [0.2, 0.25) is 0 Å². The lowest BCUT2D eigenvalue weighted by molar-refractivity contribution is 0.226. The number of rotatable bonds is 1. The number of nitrogens with zero attached hydrogens (tertiary/aromatic N) is 1. The number of aromatic hydroxyl groups is 1. The summed E-state index contributed by atoms with van der Waals surface area (Å²) in [7, 11) is 0. The van der Waals surface area contributed by atoms with Crippen LogP contribution in [0.25, 0.3) is 0 Å². The van der Waals surface area contributed by atoms with Crippen LogP contribution in [-0.4, -0.2) is 16.0 Å². The van der Waals surface area contributed by atoms with Crippen LogP contribution < -0.4 is 0 Å². The van der Waals surface area contributed by atoms with Crippen molar-refractivity contribution in [1.29, 1.82) is 0 Å². The molecule has 1 N–H and O–H groups in total. The van der Waals surface area contributed by atoms with Crippen molar-refractivity contribution < 1.29 is 5.11 Å². The van der Waals surface area contributed by atoms with E-state index in [1.807, 2.05) is 6.07 Å². The van der Waals surface area contributed by atoms with Crippen LogP contribution in [0.15, 0.2) is 18.2 Å². The average Bonchev–Trinajstić information content (AvgIpc) is 2.49. The first-order valence-electron chi connectivity index (χ1n) is 4.72. The van der Waals surface area contributed by atoms with Crippen molar-refractivity contribution >= 4 is 0 Å². The molecule has 0 fully saturated rings. The van der Waals surface area contributed by atoms with E-state index in [2.05, 4.69) is 24.8 Å². The highest BCUT2D eigenvalue weighted by Gasteiger charge is 2.22. The predicted octanol–water partition coefficient (Wildman–Crippen LogP) is 2.12. The maximum atomic E-state index is 9.60. The molecule has 2 heteroatoms. The van der Waals surface area contributed by atoms with Crippen LogP contribution >= 0.6 is 0 Å². The summed E-state index contributed by atoms with van der Waals surface area (Å²) >= 11 is 0. The SMILES string of the molecule is CC(C)N1Cc2cccc(O)c2C1. The standard InChI is InChI=1S/C11H15NO/c1-8(2)12-6-9-4-3-5-11(13)10(9)7-12/h3-5,8,13H,6-7H2,1-2H3. The summed E-state index contributed by atoms with van der Waals surface area (Å²) in [4.78, 5) is 2.35. The minimum atomic E-state index is 0.445. The molecule has 0 atom stereocenters. The van der Waals surface area contributed by atoms with Crippen molar-refractivity contribution in [2.24, 2.45) is 0 Å². The topological polar surface area (TPSA) is 23.5 Å². The van der Waals surface area contributed by atoms with Crippen LogP contribution in [0, 0.1) is 0 Å². The van der Waals surface area contributed by atoms with Crippen LogP contribution in [0.3, 0.4) is 0 Å². The molecular weight excluding hydrogens is 162 g/mol. The zero-order valence-electron chi connectivity index (χ0n) is 8.12. The Morgan fingerprint density at radius 3 is 2.69 bits per heavy atom. The Bertz CT molecular complexity index is 320. The fourth-order valence-electron chi connectivity index (χ4n) is 1.79. The zero-order valence-corrected chi connectivity index (χ0v) is 8.12. The van der Waals surface area contributed by atoms with Gasteiger partial charge in [-0.2, -0.15) is 0 Å². The summed E-state index contributed by atoms with van der Waals surface area (Å²) in [5, 5.41) is 9.60. The smallest absolute Gasteiger partial charge is 0.120 e. The van der Waals surface area contributed by atoms with E-state index in [1.165, 1.54) is 5.56 Å². The number of fused-ring (bicyclic) bond motifs is 1. The van der Waals surface area contributed by atoms with Crippen LogP contribution in [0.5, 0.6) is 5.75 Å². The van der Waals surface area contributed by atoms with Crippen molar-refractivity contribution in [2.45, 2.75) is 33.0 Å². The van der Waals surface area contributed by atoms with Crippen molar-refractivity contribution in [3.8, 4) is 5.75 Å². The predicted molar refractivity (Wildman–Crippen MR) is 52.5 cm³/mol. The Hall–Kier alpha value is -1.02. The fourth-order valence-corrected chi connectivity index (χ4v) is 1.79. The van der Waals surface area contributed by atoms with E-state index < -0.39 is 0 Å². The summed E-state index contributed by atoms with van der Waals surface area (Å²) in [5.74, 6) is 0.445. The summed E-state index contributed by atoms with van der Waals surface area (Å²) in [6.07, 6.45) is 0. The number of hydrogen-bond donors (Lipinski definition) is 1. The fraction of sp³-hybridized carbons (Fsp3) is 0.455. The van der Waals surface area contributed by atoms with Gasteiger partial charge in [0.05, 0.1) is 0 Å². The second kappa shape index (κ2) is 3.04. The Labute approximate surface area is 78.8 Å². The van der Waals surface area contributed by atoms with E-state index in [0.717, 1.165) is 18.7 Å². The average molecular weight is 177 g/mol. The maximum Gasteiger partial charge on any atom is 0.120 e. The second-order valence-electron chi connectivity index (χ2n) is 3.91. The lowest BCUT2D eigenvalue weighted by atomic mass is 10.1. The van der Waals surface area contributed by atoms with Crippen LogP contribution in [0.1, 0.15) is 25.0 Å². The normalized spacial score (nSPS) is 16.5. The van der Waals surface area contributed by atoms with E-state index in [4.69, 9.17) is 0 Å². The first-order valence-corrected chi connectivity index (χ1v) is 4.72. The first-order chi connectivity index (χ1) is 6.18. The molecule has 1 aromatic carbocycles. The molecule has 0 spiro atoms. The van der Waals surface area contributed by atoms with Crippen LogP contribution in [-0.2, 0) is 13.1 Å². The highest BCUT2D eigenvalue weighted by Crippen LogP contribution is 2.30. The molecular formula is C11H15NO. The van der Waals surface area contributed by atoms with Gasteiger partial charge in [-0.3, -0.25) is 4.90 Å². The van der Waals surface area contributed by atoms with E-state index in [1.54, 1.807) is 6.07 Å². The molecule has 0 saturated carbocycles. The Morgan fingerprint density at radius 1 is 1.31 bits per heavy atom. The van der Waals surface area contributed by atoms with Crippen molar-refractivity contribution in [2.75, 3.05) is 0 Å². The summed E-state index contributed by atoms with van der Waals surface area (Å²) < 4.78 is 0. The van der Waals surface area contributed by atoms with Gasteiger partial charge in [-0.25, -0.2) is 0 Å². The quantitative estimate of drug-likeness (QED) is 0.710. The molecule has 70 valence electrons. The molecule has 1 aromatic rings. The largest absolute Gasteiger partial charge is 0.508 e. The lowest BCUT2D eigenvalue weighted by Crippen LogP contribution is -2.24. The van der Waals surface area contributed by atoms with Gasteiger partial charge in [0.1, 0.15) is 5.75 Å². The van der Waals surface area contributed by atoms with Crippen LogP contribution in [0.4, 0.5) is 0 Å². The molecule has 13 heavy (non-hydrogen) atoms. The third kappa shape index (κ3) is 1.42. The van der Waals surface area contributed by atoms with E-state index >= 15 is 0 Å². The number of benzene rings is 1. The van der Waals surface area contributed by atoms with Gasteiger partial charge < -0.3 is 5.11 Å². The highest BCUT2D eigenvalue weighted by molar-refractivity contribution is 5.41. The zero-order chi connectivity index (χ0) is 9.42. The highest BCUT2D eigenvalue weighted by atomic mass is 16.3. The summed E-state index contributed by atoms with van der Waals surface area (Å²) in [6.45, 7) is 6.23. The maximum absolute atomic E-state index is 9.60. The number of phenols is 1. The van der Waals surface area contributed by atoms with Crippen molar-refractivity contribution in [3.05, 3.63) is 29.3 Å². The molecule has 0 unspecified atom stereocenters. The van der Waals surface area contributed by atoms with E-state index in [0.29, 0.717) is 11.8 Å². The van der Waals surface area contributed by atoms with Gasteiger partial charge in [0.25, 0.3) is 0 Å². The summed E-state index contributed by atoms with van der Waals surface area (Å²) in [6, 6.07) is 6.32. The lowest BCUT2D eigenvalue weighted by Gasteiger charge is -2.18. The van der Waals surface area contributed by atoms with Gasteiger partial charge in [-0.1, -0.05) is 12.1 Å². The van der Waals surface area contributed by atoms with Gasteiger partial charge in [-0.05, 0) is 25.5 Å². The molecule has 0 aliphatic carbocycles. The molecule has 2 nitrogen and oxygen atoms in total. The minimum absolute atomic E-state index is 0.445. The third-order valence-electron chi connectivity index (χ3n) is 2.71. The Kier molecular flexibility index (Phi) is 2.00.